The molecule has 4 nitrogen and oxygen atoms in total. The number of aryl methyl sites for hydroxylation is 1. The number of rotatable bonds is 7. The van der Waals surface area contributed by atoms with E-state index < -0.39 is 17.7 Å². The average molecular weight is 442 g/mol. The van der Waals surface area contributed by atoms with Crippen LogP contribution >= 0.6 is 12.4 Å². The van der Waals surface area contributed by atoms with Gasteiger partial charge >= 0.3 is 0 Å². The van der Waals surface area contributed by atoms with E-state index in [4.69, 9.17) is 9.47 Å². The molecule has 166 valence electrons. The molecule has 0 spiro atoms. The van der Waals surface area contributed by atoms with Crippen molar-refractivity contribution in [1.29, 1.82) is 0 Å². The Kier molecular flexibility index (Phi) is 9.04. The van der Waals surface area contributed by atoms with Crippen molar-refractivity contribution in [1.82, 2.24) is 4.90 Å². The first kappa shape index (κ1) is 24.5. The normalized spacial score (nSPS) is 18.2. The summed E-state index contributed by atoms with van der Waals surface area (Å²) < 4.78 is 38.1. The number of nitrogens with zero attached hydrogens (tertiary/aromatic N) is 1. The molecule has 30 heavy (non-hydrogen) atoms. The van der Waals surface area contributed by atoms with Gasteiger partial charge in [0, 0.05) is 19.6 Å². The molecule has 1 N–H and O–H groups in total. The molecule has 0 amide bonds. The highest BCUT2D eigenvalue weighted by atomic mass is 35.5. The summed E-state index contributed by atoms with van der Waals surface area (Å²) in [7, 11) is 0. The predicted octanol–water partition coefficient (Wildman–Crippen LogP) is 4.63. The van der Waals surface area contributed by atoms with Crippen LogP contribution in [0.2, 0.25) is 0 Å². The topological polar surface area (TPSA) is 41.9 Å². The molecular formula is C23H30ClF2NO3. The maximum atomic E-state index is 13.5. The number of aliphatic hydroxyl groups excluding tert-OH is 1. The molecule has 7 heteroatoms. The maximum Gasteiger partial charge on any atom is 0.159 e. The number of hydrogen-bond acceptors (Lipinski definition) is 4. The monoisotopic (exact) mass is 441 g/mol. The molecule has 2 aromatic carbocycles. The summed E-state index contributed by atoms with van der Waals surface area (Å²) in [6.07, 6.45) is -1.01. The first-order chi connectivity index (χ1) is 13.8. The summed E-state index contributed by atoms with van der Waals surface area (Å²) >= 11 is 0. The summed E-state index contributed by atoms with van der Waals surface area (Å²) in [5, 5.41) is 10.4. The van der Waals surface area contributed by atoms with Crippen LogP contribution in [0.3, 0.4) is 0 Å². The summed E-state index contributed by atoms with van der Waals surface area (Å²) in [6.45, 7) is 8.62. The Morgan fingerprint density at radius 2 is 1.93 bits per heavy atom. The van der Waals surface area contributed by atoms with Crippen molar-refractivity contribution in [2.24, 2.45) is 0 Å². The molecule has 0 saturated carbocycles. The predicted molar refractivity (Wildman–Crippen MR) is 116 cm³/mol. The largest absolute Gasteiger partial charge is 0.491 e. The van der Waals surface area contributed by atoms with Crippen LogP contribution in [0.5, 0.6) is 5.75 Å². The second kappa shape index (κ2) is 11.0. The van der Waals surface area contributed by atoms with E-state index >= 15 is 0 Å². The standard InChI is InChI=1S/C23H29F2NO3.ClH/c1-15(2)20-6-5-19(10-16(20)3)29-14-18(27)12-26-8-9-28-23(13-26)17-4-7-21(24)22(25)11-17;/h4-7,10-11,15,18,23,27H,8-9,12-14H2,1-3H3;1H. The first-order valence-electron chi connectivity index (χ1n) is 10.0. The fourth-order valence-corrected chi connectivity index (χ4v) is 3.71. The summed E-state index contributed by atoms with van der Waals surface area (Å²) in [5.41, 5.74) is 3.06. The van der Waals surface area contributed by atoms with E-state index in [1.54, 1.807) is 0 Å². The highest BCUT2D eigenvalue weighted by Crippen LogP contribution is 2.25. The van der Waals surface area contributed by atoms with Gasteiger partial charge in [0.1, 0.15) is 18.5 Å². The second-order valence-electron chi connectivity index (χ2n) is 7.93. The summed E-state index contributed by atoms with van der Waals surface area (Å²) in [4.78, 5) is 2.05. The lowest BCUT2D eigenvalue weighted by molar-refractivity contribution is -0.0460. The highest BCUT2D eigenvalue weighted by molar-refractivity contribution is 5.85. The third-order valence-corrected chi connectivity index (χ3v) is 5.24. The third-order valence-electron chi connectivity index (χ3n) is 5.24. The Bertz CT molecular complexity index is 834. The number of morpholine rings is 1. The van der Waals surface area contributed by atoms with Gasteiger partial charge in [0.2, 0.25) is 0 Å². The highest BCUT2D eigenvalue weighted by Gasteiger charge is 2.24. The Morgan fingerprint density at radius 1 is 1.17 bits per heavy atom. The van der Waals surface area contributed by atoms with Crippen LogP contribution in [0.4, 0.5) is 8.78 Å². The van der Waals surface area contributed by atoms with Gasteiger partial charge in [-0.05, 0) is 53.8 Å². The minimum absolute atomic E-state index is 0. The molecule has 1 heterocycles. The van der Waals surface area contributed by atoms with E-state index in [9.17, 15) is 13.9 Å². The molecule has 1 aliphatic heterocycles. The Hall–Kier alpha value is -1.73. The fourth-order valence-electron chi connectivity index (χ4n) is 3.71. The van der Waals surface area contributed by atoms with Crippen LogP contribution in [0.1, 0.15) is 42.6 Å². The number of hydrogen-bond donors (Lipinski definition) is 1. The SMILES string of the molecule is Cc1cc(OCC(O)CN2CCOC(c3ccc(F)c(F)c3)C2)ccc1C(C)C.Cl. The van der Waals surface area contributed by atoms with Crippen LogP contribution in [0.25, 0.3) is 0 Å². The molecule has 0 aromatic heterocycles. The lowest BCUT2D eigenvalue weighted by atomic mass is 9.98. The smallest absolute Gasteiger partial charge is 0.159 e. The number of aliphatic hydroxyl groups is 1. The van der Waals surface area contributed by atoms with Crippen molar-refractivity contribution in [3.8, 4) is 5.75 Å². The number of β-amino-alcohol motifs (C(OH)–C–C–N with tert-alkyl or cyclic N) is 1. The molecule has 0 aliphatic carbocycles. The average Bonchev–Trinajstić information content (AvgIpc) is 2.68. The zero-order chi connectivity index (χ0) is 21.0. The van der Waals surface area contributed by atoms with Crippen molar-refractivity contribution in [2.75, 3.05) is 32.8 Å². The van der Waals surface area contributed by atoms with Crippen molar-refractivity contribution >= 4 is 12.4 Å². The van der Waals surface area contributed by atoms with E-state index in [-0.39, 0.29) is 25.1 Å². The van der Waals surface area contributed by atoms with Gasteiger partial charge < -0.3 is 14.6 Å². The van der Waals surface area contributed by atoms with Gasteiger partial charge in [0.05, 0.1) is 12.7 Å². The molecule has 3 rings (SSSR count). The number of ether oxygens (including phenoxy) is 2. The zero-order valence-electron chi connectivity index (χ0n) is 17.6. The zero-order valence-corrected chi connectivity index (χ0v) is 18.4. The quantitative estimate of drug-likeness (QED) is 0.680. The molecule has 1 fully saturated rings. The van der Waals surface area contributed by atoms with E-state index in [0.717, 1.165) is 11.8 Å². The van der Waals surface area contributed by atoms with Crippen molar-refractivity contribution in [2.45, 2.75) is 38.9 Å². The van der Waals surface area contributed by atoms with Crippen molar-refractivity contribution in [3.05, 3.63) is 64.7 Å². The Morgan fingerprint density at radius 3 is 2.60 bits per heavy atom. The van der Waals surface area contributed by atoms with E-state index in [2.05, 4.69) is 31.7 Å². The second-order valence-corrected chi connectivity index (χ2v) is 7.93. The molecule has 1 aliphatic rings. The third kappa shape index (κ3) is 6.38. The van der Waals surface area contributed by atoms with E-state index in [1.807, 2.05) is 12.1 Å². The van der Waals surface area contributed by atoms with Gasteiger partial charge in [0.25, 0.3) is 0 Å². The van der Waals surface area contributed by atoms with Crippen LogP contribution in [-0.4, -0.2) is 49.0 Å². The molecule has 0 bridgehead atoms. The minimum Gasteiger partial charge on any atom is -0.491 e. The summed E-state index contributed by atoms with van der Waals surface area (Å²) in [5.74, 6) is -0.549. The Labute approximate surface area is 183 Å². The van der Waals surface area contributed by atoms with Gasteiger partial charge in [-0.2, -0.15) is 0 Å². The molecule has 0 radical (unpaired) electrons. The molecule has 2 unspecified atom stereocenters. The van der Waals surface area contributed by atoms with Gasteiger partial charge in [-0.15, -0.1) is 12.4 Å². The van der Waals surface area contributed by atoms with Crippen LogP contribution < -0.4 is 4.74 Å². The summed E-state index contributed by atoms with van der Waals surface area (Å²) in [6, 6.07) is 9.82. The van der Waals surface area contributed by atoms with Gasteiger partial charge in [-0.25, -0.2) is 8.78 Å². The number of halogens is 3. The first-order valence-corrected chi connectivity index (χ1v) is 10.0. The molecular weight excluding hydrogens is 412 g/mol. The van der Waals surface area contributed by atoms with Crippen LogP contribution in [0, 0.1) is 18.6 Å². The molecule has 2 aromatic rings. The van der Waals surface area contributed by atoms with Gasteiger partial charge in [-0.1, -0.05) is 26.0 Å². The lowest BCUT2D eigenvalue weighted by Crippen LogP contribution is -2.43. The van der Waals surface area contributed by atoms with E-state index in [1.165, 1.54) is 23.3 Å². The van der Waals surface area contributed by atoms with Crippen molar-refractivity contribution in [3.63, 3.8) is 0 Å². The Balaban J connectivity index is 0.00000320. The lowest BCUT2D eigenvalue weighted by Gasteiger charge is -2.34. The van der Waals surface area contributed by atoms with E-state index in [0.29, 0.717) is 37.7 Å². The van der Waals surface area contributed by atoms with Gasteiger partial charge in [-0.3, -0.25) is 4.90 Å². The number of benzene rings is 2. The maximum absolute atomic E-state index is 13.5. The van der Waals surface area contributed by atoms with Gasteiger partial charge in [0.15, 0.2) is 11.6 Å². The van der Waals surface area contributed by atoms with Crippen LogP contribution in [-0.2, 0) is 4.74 Å². The molecule has 1 saturated heterocycles. The minimum atomic E-state index is -0.879. The van der Waals surface area contributed by atoms with Crippen LogP contribution in [0.15, 0.2) is 36.4 Å². The fraction of sp³-hybridized carbons (Fsp3) is 0.478. The van der Waals surface area contributed by atoms with Crippen molar-refractivity contribution < 1.29 is 23.4 Å². The molecule has 2 atom stereocenters.